The molecule has 0 aliphatic carbocycles. The first-order chi connectivity index (χ1) is 14.0. The normalized spacial score (nSPS) is 15.5. The van der Waals surface area contributed by atoms with Crippen molar-refractivity contribution < 1.29 is 19.2 Å². The molecule has 0 spiro atoms. The lowest BCUT2D eigenvalue weighted by atomic mass is 9.73. The number of benzene rings is 1. The Bertz CT molecular complexity index is 876. The third-order valence-electron chi connectivity index (χ3n) is 5.14. The van der Waals surface area contributed by atoms with Crippen LogP contribution in [0.1, 0.15) is 37.3 Å². The lowest BCUT2D eigenvalue weighted by molar-refractivity contribution is -0.384. The van der Waals surface area contributed by atoms with Gasteiger partial charge in [-0.05, 0) is 37.8 Å². The van der Waals surface area contributed by atoms with Gasteiger partial charge in [-0.1, -0.05) is 19.1 Å². The fourth-order valence-electron chi connectivity index (χ4n) is 3.50. The Kier molecular flexibility index (Phi) is 6.43. The van der Waals surface area contributed by atoms with E-state index in [1.807, 2.05) is 19.9 Å². The van der Waals surface area contributed by atoms with Gasteiger partial charge in [-0.3, -0.25) is 14.9 Å². The van der Waals surface area contributed by atoms with Gasteiger partial charge in [0.25, 0.3) is 5.69 Å². The SMILES string of the molecule is CCCOc1ncc(NC(=O)C2(c3ccc([N+](=O)[O-])cc3)CCOCC2)cc1C. The Labute approximate surface area is 169 Å². The molecule has 1 aromatic heterocycles. The Morgan fingerprint density at radius 3 is 2.59 bits per heavy atom. The van der Waals surface area contributed by atoms with Crippen molar-refractivity contribution in [1.29, 1.82) is 0 Å². The molecule has 1 aliphatic rings. The van der Waals surface area contributed by atoms with Gasteiger partial charge in [0.15, 0.2) is 0 Å². The van der Waals surface area contributed by atoms with E-state index in [0.717, 1.165) is 17.5 Å². The van der Waals surface area contributed by atoms with Crippen molar-refractivity contribution in [2.24, 2.45) is 0 Å². The molecule has 0 bridgehead atoms. The quantitative estimate of drug-likeness (QED) is 0.561. The summed E-state index contributed by atoms with van der Waals surface area (Å²) in [5.74, 6) is 0.388. The van der Waals surface area contributed by atoms with E-state index in [4.69, 9.17) is 9.47 Å². The zero-order chi connectivity index (χ0) is 20.9. The van der Waals surface area contributed by atoms with Crippen LogP contribution >= 0.6 is 0 Å². The molecule has 2 heterocycles. The number of nitro groups is 1. The number of aromatic nitrogens is 1. The fraction of sp³-hybridized carbons (Fsp3) is 0.429. The number of pyridine rings is 1. The average Bonchev–Trinajstić information content (AvgIpc) is 2.73. The number of ether oxygens (including phenoxy) is 2. The van der Waals surface area contributed by atoms with E-state index in [-0.39, 0.29) is 11.6 Å². The largest absolute Gasteiger partial charge is 0.477 e. The summed E-state index contributed by atoms with van der Waals surface area (Å²) in [6.07, 6.45) is 3.47. The van der Waals surface area contributed by atoms with Crippen molar-refractivity contribution in [3.63, 3.8) is 0 Å². The van der Waals surface area contributed by atoms with Gasteiger partial charge in [-0.2, -0.15) is 0 Å². The molecule has 8 heteroatoms. The Balaban J connectivity index is 1.84. The monoisotopic (exact) mass is 399 g/mol. The molecule has 1 aromatic carbocycles. The van der Waals surface area contributed by atoms with Crippen LogP contribution in [-0.4, -0.2) is 35.6 Å². The number of nitrogens with one attached hydrogen (secondary N) is 1. The maximum absolute atomic E-state index is 13.3. The third-order valence-corrected chi connectivity index (χ3v) is 5.14. The highest BCUT2D eigenvalue weighted by atomic mass is 16.6. The first-order valence-electron chi connectivity index (χ1n) is 9.70. The van der Waals surface area contributed by atoms with Gasteiger partial charge in [-0.15, -0.1) is 0 Å². The van der Waals surface area contributed by atoms with Crippen molar-refractivity contribution in [1.82, 2.24) is 4.98 Å². The van der Waals surface area contributed by atoms with Crippen LogP contribution in [0.2, 0.25) is 0 Å². The van der Waals surface area contributed by atoms with Gasteiger partial charge >= 0.3 is 0 Å². The standard InChI is InChI=1S/C21H25N3O5/c1-3-10-29-19-15(2)13-17(14-22-19)23-20(25)21(8-11-28-12-9-21)16-4-6-18(7-5-16)24(26)27/h4-7,13-14H,3,8-12H2,1-2H3,(H,23,25). The van der Waals surface area contributed by atoms with Crippen molar-refractivity contribution in [3.05, 3.63) is 57.8 Å². The van der Waals surface area contributed by atoms with Crippen LogP contribution in [-0.2, 0) is 14.9 Å². The molecule has 3 rings (SSSR count). The minimum Gasteiger partial charge on any atom is -0.477 e. The fourth-order valence-corrected chi connectivity index (χ4v) is 3.50. The number of nitro benzene ring substituents is 1. The number of non-ortho nitro benzene ring substituents is 1. The summed E-state index contributed by atoms with van der Waals surface area (Å²) in [6.45, 7) is 5.39. The number of hydrogen-bond acceptors (Lipinski definition) is 6. The van der Waals surface area contributed by atoms with Crippen LogP contribution in [0, 0.1) is 17.0 Å². The smallest absolute Gasteiger partial charge is 0.269 e. The van der Waals surface area contributed by atoms with Crippen molar-refractivity contribution in [2.45, 2.75) is 38.5 Å². The first kappa shape index (κ1) is 20.7. The molecular weight excluding hydrogens is 374 g/mol. The Morgan fingerprint density at radius 2 is 2.00 bits per heavy atom. The summed E-state index contributed by atoms with van der Waals surface area (Å²) in [5, 5.41) is 13.9. The van der Waals surface area contributed by atoms with E-state index in [1.54, 1.807) is 18.3 Å². The lowest BCUT2D eigenvalue weighted by Gasteiger charge is -2.36. The third kappa shape index (κ3) is 4.54. The van der Waals surface area contributed by atoms with Crippen molar-refractivity contribution in [3.8, 4) is 5.88 Å². The first-order valence-corrected chi connectivity index (χ1v) is 9.70. The zero-order valence-corrected chi connectivity index (χ0v) is 16.6. The summed E-state index contributed by atoms with van der Waals surface area (Å²) in [7, 11) is 0. The molecular formula is C21H25N3O5. The summed E-state index contributed by atoms with van der Waals surface area (Å²) < 4.78 is 11.1. The molecule has 1 fully saturated rings. The van der Waals surface area contributed by atoms with Gasteiger partial charge in [-0.25, -0.2) is 4.98 Å². The molecule has 2 aromatic rings. The van der Waals surface area contributed by atoms with Crippen LogP contribution in [0.25, 0.3) is 0 Å². The van der Waals surface area contributed by atoms with E-state index < -0.39 is 10.3 Å². The van der Waals surface area contributed by atoms with Gasteiger partial charge in [0.05, 0.1) is 28.8 Å². The van der Waals surface area contributed by atoms with Crippen molar-refractivity contribution in [2.75, 3.05) is 25.1 Å². The number of anilines is 1. The molecule has 1 aliphatic heterocycles. The number of rotatable bonds is 7. The maximum atomic E-state index is 13.3. The topological polar surface area (TPSA) is 104 Å². The second kappa shape index (κ2) is 9.00. The lowest BCUT2D eigenvalue weighted by Crippen LogP contribution is -2.44. The molecule has 154 valence electrons. The molecule has 1 amide bonds. The zero-order valence-electron chi connectivity index (χ0n) is 16.6. The number of amides is 1. The summed E-state index contributed by atoms with van der Waals surface area (Å²) >= 11 is 0. The number of aryl methyl sites for hydroxylation is 1. The minimum atomic E-state index is -0.807. The van der Waals surface area contributed by atoms with Gasteiger partial charge in [0.2, 0.25) is 11.8 Å². The van der Waals surface area contributed by atoms with E-state index in [1.165, 1.54) is 12.1 Å². The van der Waals surface area contributed by atoms with Gasteiger partial charge < -0.3 is 14.8 Å². The molecule has 8 nitrogen and oxygen atoms in total. The van der Waals surface area contributed by atoms with E-state index >= 15 is 0 Å². The van der Waals surface area contributed by atoms with E-state index in [9.17, 15) is 14.9 Å². The molecule has 29 heavy (non-hydrogen) atoms. The second-order valence-corrected chi connectivity index (χ2v) is 7.15. The highest BCUT2D eigenvalue weighted by molar-refractivity contribution is 5.99. The number of carbonyl (C=O) groups is 1. The van der Waals surface area contributed by atoms with Gasteiger partial charge in [0.1, 0.15) is 0 Å². The molecule has 0 saturated carbocycles. The molecule has 0 unspecified atom stereocenters. The van der Waals surface area contributed by atoms with Gasteiger partial charge in [0, 0.05) is 30.9 Å². The van der Waals surface area contributed by atoms with Crippen LogP contribution in [0.15, 0.2) is 36.5 Å². The minimum absolute atomic E-state index is 0.00106. The van der Waals surface area contributed by atoms with Crippen LogP contribution in [0.3, 0.4) is 0 Å². The number of hydrogen-bond donors (Lipinski definition) is 1. The van der Waals surface area contributed by atoms with E-state index in [2.05, 4.69) is 10.3 Å². The van der Waals surface area contributed by atoms with Crippen LogP contribution < -0.4 is 10.1 Å². The highest BCUT2D eigenvalue weighted by Gasteiger charge is 2.42. The molecule has 0 atom stereocenters. The molecule has 0 radical (unpaired) electrons. The summed E-state index contributed by atoms with van der Waals surface area (Å²) in [6, 6.07) is 8.03. The summed E-state index contributed by atoms with van der Waals surface area (Å²) in [5.41, 5.74) is 1.37. The number of carbonyl (C=O) groups excluding carboxylic acids is 1. The summed E-state index contributed by atoms with van der Waals surface area (Å²) in [4.78, 5) is 28.1. The van der Waals surface area contributed by atoms with Crippen LogP contribution in [0.5, 0.6) is 5.88 Å². The maximum Gasteiger partial charge on any atom is 0.269 e. The Morgan fingerprint density at radius 1 is 1.31 bits per heavy atom. The van der Waals surface area contributed by atoms with Crippen molar-refractivity contribution >= 4 is 17.3 Å². The second-order valence-electron chi connectivity index (χ2n) is 7.15. The predicted octanol–water partition coefficient (Wildman–Crippen LogP) is 3.77. The number of nitrogens with zero attached hydrogens (tertiary/aromatic N) is 2. The van der Waals surface area contributed by atoms with Crippen LogP contribution in [0.4, 0.5) is 11.4 Å². The average molecular weight is 399 g/mol. The highest BCUT2D eigenvalue weighted by Crippen LogP contribution is 2.37. The molecule has 1 N–H and O–H groups in total. The van der Waals surface area contributed by atoms with E-state index in [0.29, 0.717) is 44.2 Å². The Hall–Kier alpha value is -3.00. The molecule has 1 saturated heterocycles. The predicted molar refractivity (Wildman–Crippen MR) is 108 cm³/mol.